The van der Waals surface area contributed by atoms with Gasteiger partial charge in [-0.1, -0.05) is 90.5 Å². The van der Waals surface area contributed by atoms with Crippen LogP contribution in [0.15, 0.2) is 119 Å². The van der Waals surface area contributed by atoms with Gasteiger partial charge in [-0.2, -0.15) is 10.2 Å². The van der Waals surface area contributed by atoms with Gasteiger partial charge in [0.25, 0.3) is 0 Å². The number of anilines is 2. The Hall–Kier alpha value is -4.36. The molecule has 2 aliphatic heterocycles. The Labute approximate surface area is 226 Å². The fourth-order valence-electron chi connectivity index (χ4n) is 4.77. The van der Waals surface area contributed by atoms with Gasteiger partial charge in [0.2, 0.25) is 10.0 Å². The number of carbonyl (C=O) groups excluding carboxylic acids is 1. The molecule has 4 aromatic rings. The summed E-state index contributed by atoms with van der Waals surface area (Å²) in [5.41, 5.74) is 6.67. The van der Waals surface area contributed by atoms with Crippen LogP contribution in [0.5, 0.6) is 0 Å². The zero-order valence-electron chi connectivity index (χ0n) is 21.1. The van der Waals surface area contributed by atoms with Crippen molar-refractivity contribution in [2.75, 3.05) is 16.6 Å². The second kappa shape index (κ2) is 9.84. The first-order valence-corrected chi connectivity index (χ1v) is 13.3. The van der Waals surface area contributed by atoms with E-state index in [1.807, 2.05) is 102 Å². The van der Waals surface area contributed by atoms with E-state index in [-0.39, 0.29) is 11.7 Å². The van der Waals surface area contributed by atoms with Crippen LogP contribution < -0.4 is 10.0 Å². The van der Waals surface area contributed by atoms with Gasteiger partial charge >= 0.3 is 5.97 Å². The number of esters is 1. The number of hydrazone groups is 2. The molecule has 0 saturated carbocycles. The topological polar surface area (TPSA) is 57.5 Å². The molecule has 0 saturated heterocycles. The minimum absolute atomic E-state index is 0.269. The summed E-state index contributed by atoms with van der Waals surface area (Å²) in [5, 5.41) is 14.3. The van der Waals surface area contributed by atoms with Crippen LogP contribution in [-0.2, 0) is 14.5 Å². The normalized spacial score (nSPS) is 18.2. The Kier molecular flexibility index (Phi) is 6.21. The molecule has 6 nitrogen and oxygen atoms in total. The molecule has 2 heterocycles. The monoisotopic (exact) mass is 518 g/mol. The summed E-state index contributed by atoms with van der Waals surface area (Å²) >= 11 is 1.35. The molecule has 2 aliphatic rings. The van der Waals surface area contributed by atoms with Crippen molar-refractivity contribution in [1.29, 1.82) is 0 Å². The summed E-state index contributed by atoms with van der Waals surface area (Å²) in [6.45, 7) is 4.12. The highest BCUT2D eigenvalue weighted by Crippen LogP contribution is 2.55. The maximum atomic E-state index is 13.1. The van der Waals surface area contributed by atoms with E-state index >= 15 is 0 Å². The molecule has 1 spiro atoms. The molecule has 0 bridgehead atoms. The third-order valence-corrected chi connectivity index (χ3v) is 7.81. The fraction of sp³-hybridized carbons (Fsp3) is 0.129. The van der Waals surface area contributed by atoms with Crippen molar-refractivity contribution in [3.8, 4) is 0 Å². The quantitative estimate of drug-likeness (QED) is 0.282. The van der Waals surface area contributed by atoms with Gasteiger partial charge in [-0.25, -0.2) is 14.8 Å². The predicted octanol–water partition coefficient (Wildman–Crippen LogP) is 6.51. The summed E-state index contributed by atoms with van der Waals surface area (Å²) in [4.78, 5) is 12.1. The smallest absolute Gasteiger partial charge is 0.365 e. The molecule has 0 aliphatic carbocycles. The summed E-state index contributed by atoms with van der Waals surface area (Å²) in [7, 11) is 0. The van der Waals surface area contributed by atoms with Crippen molar-refractivity contribution < 1.29 is 9.53 Å². The number of benzene rings is 4. The van der Waals surface area contributed by atoms with Crippen LogP contribution >= 0.6 is 11.8 Å². The van der Waals surface area contributed by atoms with Crippen LogP contribution in [0.25, 0.3) is 0 Å². The standard InChI is InChI=1S/C31H26N4O2S/c1-3-37-30(36)29-33-35(25-20-18-22(2)19-21-25)31(38-29)27-17-11-10-16-26(27)28(23-12-6-4-7-13-23)32-34(31)24-14-8-5-9-15-24/h4-21H,3H2,1-2H3/t31-/m0/s1. The molecule has 0 amide bonds. The van der Waals surface area contributed by atoms with E-state index in [9.17, 15) is 4.79 Å². The highest BCUT2D eigenvalue weighted by Gasteiger charge is 2.56. The van der Waals surface area contributed by atoms with E-state index in [0.29, 0.717) is 0 Å². The first-order valence-electron chi connectivity index (χ1n) is 12.5. The summed E-state index contributed by atoms with van der Waals surface area (Å²) in [6.07, 6.45) is 0. The molecule has 0 unspecified atom stereocenters. The number of ether oxygens (including phenoxy) is 1. The molecule has 0 fully saturated rings. The van der Waals surface area contributed by atoms with Gasteiger partial charge in [0.15, 0.2) is 0 Å². The zero-order chi connectivity index (χ0) is 26.1. The fourth-order valence-corrected chi connectivity index (χ4v) is 6.06. The Morgan fingerprint density at radius 3 is 2.11 bits per heavy atom. The van der Waals surface area contributed by atoms with Gasteiger partial charge in [0.1, 0.15) is 0 Å². The molecule has 4 aromatic carbocycles. The van der Waals surface area contributed by atoms with Crippen molar-refractivity contribution in [2.24, 2.45) is 10.2 Å². The molecule has 188 valence electrons. The van der Waals surface area contributed by atoms with Gasteiger partial charge in [-0.15, -0.1) is 0 Å². The summed E-state index contributed by atoms with van der Waals surface area (Å²) in [5.74, 6) is -0.449. The third-order valence-electron chi connectivity index (χ3n) is 6.51. The van der Waals surface area contributed by atoms with E-state index in [1.165, 1.54) is 11.8 Å². The average molecular weight is 519 g/mol. The first kappa shape index (κ1) is 24.0. The lowest BCUT2D eigenvalue weighted by Crippen LogP contribution is -2.54. The zero-order valence-corrected chi connectivity index (χ0v) is 21.9. The molecule has 0 aromatic heterocycles. The minimum atomic E-state index is -1.01. The molecular formula is C31H26N4O2S. The lowest BCUT2D eigenvalue weighted by molar-refractivity contribution is -0.134. The number of fused-ring (bicyclic) bond motifs is 2. The Bertz CT molecular complexity index is 1540. The number of hydrogen-bond acceptors (Lipinski definition) is 7. The first-order chi connectivity index (χ1) is 18.6. The van der Waals surface area contributed by atoms with Gasteiger partial charge in [0, 0.05) is 16.7 Å². The van der Waals surface area contributed by atoms with Crippen molar-refractivity contribution in [2.45, 2.75) is 18.8 Å². The molecule has 6 rings (SSSR count). The van der Waals surface area contributed by atoms with Crippen molar-refractivity contribution in [3.05, 3.63) is 131 Å². The molecular weight excluding hydrogens is 492 g/mol. The predicted molar refractivity (Wildman–Crippen MR) is 154 cm³/mol. The number of para-hydroxylation sites is 1. The minimum Gasteiger partial charge on any atom is -0.461 e. The molecule has 0 N–H and O–H groups in total. The van der Waals surface area contributed by atoms with Crippen LogP contribution in [0.3, 0.4) is 0 Å². The molecule has 7 heteroatoms. The van der Waals surface area contributed by atoms with Crippen LogP contribution in [0.1, 0.15) is 29.2 Å². The van der Waals surface area contributed by atoms with Crippen LogP contribution in [0.2, 0.25) is 0 Å². The molecule has 38 heavy (non-hydrogen) atoms. The van der Waals surface area contributed by atoms with Gasteiger partial charge < -0.3 is 4.74 Å². The SMILES string of the molecule is CCOC(=O)C1=NN(c2ccc(C)cc2)[C@]2(S1)c1ccccc1C(c1ccccc1)=NN2c1ccccc1. The van der Waals surface area contributed by atoms with E-state index in [2.05, 4.69) is 24.3 Å². The maximum Gasteiger partial charge on any atom is 0.365 e. The highest BCUT2D eigenvalue weighted by atomic mass is 32.2. The Morgan fingerprint density at radius 1 is 0.789 bits per heavy atom. The van der Waals surface area contributed by atoms with Crippen LogP contribution in [-0.4, -0.2) is 23.3 Å². The lowest BCUT2D eigenvalue weighted by atomic mass is 9.93. The average Bonchev–Trinajstić information content (AvgIpc) is 3.36. The summed E-state index contributed by atoms with van der Waals surface area (Å²) in [6, 6.07) is 36.6. The van der Waals surface area contributed by atoms with Crippen LogP contribution in [0, 0.1) is 6.92 Å². The number of nitrogens with zero attached hydrogens (tertiary/aromatic N) is 4. The van der Waals surface area contributed by atoms with Crippen molar-refractivity contribution in [3.63, 3.8) is 0 Å². The van der Waals surface area contributed by atoms with E-state index < -0.39 is 11.0 Å². The number of carbonyl (C=O) groups is 1. The molecule has 1 atom stereocenters. The number of thioether (sulfide) groups is 1. The third kappa shape index (κ3) is 3.96. The van der Waals surface area contributed by atoms with E-state index in [0.717, 1.165) is 39.3 Å². The number of aryl methyl sites for hydroxylation is 1. The van der Waals surface area contributed by atoms with Gasteiger partial charge in [-0.05, 0) is 49.9 Å². The largest absolute Gasteiger partial charge is 0.461 e. The summed E-state index contributed by atoms with van der Waals surface area (Å²) < 4.78 is 5.41. The second-order valence-corrected chi connectivity index (χ2v) is 10.2. The number of hydrogen-bond donors (Lipinski definition) is 0. The second-order valence-electron chi connectivity index (χ2n) is 8.99. The molecule has 0 radical (unpaired) electrons. The lowest BCUT2D eigenvalue weighted by Gasteiger charge is -2.47. The maximum absolute atomic E-state index is 13.1. The van der Waals surface area contributed by atoms with Gasteiger partial charge in [0.05, 0.1) is 23.7 Å². The van der Waals surface area contributed by atoms with Crippen LogP contribution in [0.4, 0.5) is 11.4 Å². The highest BCUT2D eigenvalue weighted by molar-refractivity contribution is 8.16. The van der Waals surface area contributed by atoms with Crippen molar-refractivity contribution >= 4 is 39.9 Å². The van der Waals surface area contributed by atoms with Gasteiger partial charge in [-0.3, -0.25) is 0 Å². The van der Waals surface area contributed by atoms with Crippen molar-refractivity contribution in [1.82, 2.24) is 0 Å². The Balaban J connectivity index is 1.64. The van der Waals surface area contributed by atoms with E-state index in [1.54, 1.807) is 6.92 Å². The van der Waals surface area contributed by atoms with E-state index in [4.69, 9.17) is 14.9 Å². The number of rotatable bonds is 5. The Morgan fingerprint density at radius 2 is 1.39 bits per heavy atom.